The number of ether oxygens (including phenoxy) is 2. The van der Waals surface area contributed by atoms with Crippen molar-refractivity contribution in [2.24, 2.45) is 0 Å². The molecule has 0 aliphatic heterocycles. The van der Waals surface area contributed by atoms with Gasteiger partial charge in [-0.2, -0.15) is 0 Å². The number of amides is 1. The number of nitrogens with zero attached hydrogens (tertiary/aromatic N) is 1. The molecule has 0 saturated heterocycles. The normalized spacial score (nSPS) is 10.2. The van der Waals surface area contributed by atoms with E-state index in [4.69, 9.17) is 4.74 Å². The number of carbonyl (C=O) groups is 2. The van der Waals surface area contributed by atoms with Gasteiger partial charge in [0, 0.05) is 24.7 Å². The average Bonchev–Trinajstić information content (AvgIpc) is 2.62. The topological polar surface area (TPSA) is 55.8 Å². The van der Waals surface area contributed by atoms with Gasteiger partial charge in [0.25, 0.3) is 0 Å². The molecule has 2 aromatic carbocycles. The lowest BCUT2D eigenvalue weighted by Crippen LogP contribution is -2.33. The molecule has 1 amide bonds. The first kappa shape index (κ1) is 18.4. The second-order valence-electron chi connectivity index (χ2n) is 5.25. The fourth-order valence-corrected chi connectivity index (χ4v) is 2.36. The van der Waals surface area contributed by atoms with Gasteiger partial charge in [0.1, 0.15) is 11.6 Å². The summed E-state index contributed by atoms with van der Waals surface area (Å²) in [6.45, 7) is 4.66. The summed E-state index contributed by atoms with van der Waals surface area (Å²) in [7, 11) is 1.31. The van der Waals surface area contributed by atoms with Crippen LogP contribution >= 0.6 is 0 Å². The van der Waals surface area contributed by atoms with Crippen LogP contribution in [0.5, 0.6) is 5.75 Å². The first-order valence-corrected chi connectivity index (χ1v) is 7.95. The van der Waals surface area contributed by atoms with Crippen molar-refractivity contribution in [2.75, 3.05) is 20.2 Å². The van der Waals surface area contributed by atoms with Crippen molar-refractivity contribution in [1.82, 2.24) is 4.90 Å². The summed E-state index contributed by atoms with van der Waals surface area (Å²) >= 11 is 0. The number of halogens is 1. The molecule has 0 N–H and O–H groups in total. The van der Waals surface area contributed by atoms with Crippen molar-refractivity contribution >= 4 is 12.1 Å². The molecule has 0 aliphatic carbocycles. The molecular formula is C19H20FNO4. The van der Waals surface area contributed by atoms with E-state index in [-0.39, 0.29) is 5.75 Å². The van der Waals surface area contributed by atoms with Crippen molar-refractivity contribution < 1.29 is 23.5 Å². The molecule has 0 spiro atoms. The van der Waals surface area contributed by atoms with E-state index in [0.717, 1.165) is 0 Å². The summed E-state index contributed by atoms with van der Waals surface area (Å²) < 4.78 is 23.7. The highest BCUT2D eigenvalue weighted by Crippen LogP contribution is 2.31. The zero-order valence-electron chi connectivity index (χ0n) is 14.4. The van der Waals surface area contributed by atoms with Gasteiger partial charge < -0.3 is 14.4 Å². The molecule has 25 heavy (non-hydrogen) atoms. The summed E-state index contributed by atoms with van der Waals surface area (Å²) in [6.07, 6.45) is -0.539. The predicted molar refractivity (Wildman–Crippen MR) is 92.1 cm³/mol. The maximum Gasteiger partial charge on any atom is 0.415 e. The molecule has 0 atom stereocenters. The minimum absolute atomic E-state index is 0.128. The molecule has 2 rings (SSSR count). The summed E-state index contributed by atoms with van der Waals surface area (Å²) in [4.78, 5) is 25.2. The smallest absolute Gasteiger partial charge is 0.415 e. The first-order chi connectivity index (χ1) is 12.0. The van der Waals surface area contributed by atoms with Gasteiger partial charge in [-0.25, -0.2) is 14.0 Å². The number of hydrogen-bond donors (Lipinski definition) is 0. The molecule has 0 aliphatic rings. The van der Waals surface area contributed by atoms with E-state index in [0.29, 0.717) is 29.8 Å². The van der Waals surface area contributed by atoms with Crippen LogP contribution in [-0.4, -0.2) is 37.2 Å². The van der Waals surface area contributed by atoms with Gasteiger partial charge in [0.05, 0.1) is 12.7 Å². The molecular weight excluding hydrogens is 325 g/mol. The van der Waals surface area contributed by atoms with Crippen LogP contribution in [0.15, 0.2) is 42.5 Å². The van der Waals surface area contributed by atoms with Crippen LogP contribution in [0.2, 0.25) is 0 Å². The lowest BCUT2D eigenvalue weighted by molar-refractivity contribution is 0.0600. The highest BCUT2D eigenvalue weighted by molar-refractivity contribution is 5.90. The highest BCUT2D eigenvalue weighted by Gasteiger charge is 2.16. The number of benzene rings is 2. The van der Waals surface area contributed by atoms with Crippen molar-refractivity contribution in [3.8, 4) is 16.9 Å². The predicted octanol–water partition coefficient (Wildman–Crippen LogP) is 4.12. The van der Waals surface area contributed by atoms with E-state index in [1.54, 1.807) is 24.3 Å². The molecule has 0 bridgehead atoms. The third-order valence-electron chi connectivity index (χ3n) is 3.78. The molecule has 6 heteroatoms. The zero-order chi connectivity index (χ0) is 18.4. The molecule has 0 unspecified atom stereocenters. The molecule has 0 fully saturated rings. The van der Waals surface area contributed by atoms with Gasteiger partial charge in [0.2, 0.25) is 0 Å². The van der Waals surface area contributed by atoms with Crippen molar-refractivity contribution in [3.05, 3.63) is 53.8 Å². The van der Waals surface area contributed by atoms with Gasteiger partial charge in [-0.1, -0.05) is 12.1 Å². The number of hydrogen-bond acceptors (Lipinski definition) is 4. The summed E-state index contributed by atoms with van der Waals surface area (Å²) in [5, 5.41) is 0. The minimum atomic E-state index is -0.539. The summed E-state index contributed by atoms with van der Waals surface area (Å²) in [5.41, 5.74) is 1.64. The largest absolute Gasteiger partial charge is 0.465 e. The highest BCUT2D eigenvalue weighted by atomic mass is 19.1. The van der Waals surface area contributed by atoms with Gasteiger partial charge in [-0.05, 0) is 43.7 Å². The average molecular weight is 345 g/mol. The maximum atomic E-state index is 13.6. The van der Waals surface area contributed by atoms with Gasteiger partial charge in [-0.3, -0.25) is 0 Å². The van der Waals surface area contributed by atoms with Crippen molar-refractivity contribution in [3.63, 3.8) is 0 Å². The fourth-order valence-electron chi connectivity index (χ4n) is 2.36. The van der Waals surface area contributed by atoms with E-state index in [1.807, 2.05) is 13.8 Å². The third kappa shape index (κ3) is 4.35. The Labute approximate surface area is 146 Å². The van der Waals surface area contributed by atoms with E-state index >= 15 is 0 Å². The van der Waals surface area contributed by atoms with Crippen LogP contribution in [0, 0.1) is 5.82 Å². The second kappa shape index (κ2) is 8.28. The number of esters is 1. The van der Waals surface area contributed by atoms with Crippen molar-refractivity contribution in [2.45, 2.75) is 13.8 Å². The van der Waals surface area contributed by atoms with Crippen LogP contribution in [0.4, 0.5) is 9.18 Å². The zero-order valence-corrected chi connectivity index (χ0v) is 14.4. The Kier molecular flexibility index (Phi) is 6.11. The van der Waals surface area contributed by atoms with Gasteiger partial charge >= 0.3 is 12.1 Å². The van der Waals surface area contributed by atoms with E-state index in [9.17, 15) is 14.0 Å². The molecule has 0 saturated carbocycles. The SMILES string of the molecule is CCN(CC)C(=O)Oc1cc(F)ccc1-c1ccc(C(=O)OC)cc1. The Balaban J connectivity index is 2.35. The van der Waals surface area contributed by atoms with E-state index in [1.165, 1.54) is 30.2 Å². The Morgan fingerprint density at radius 2 is 1.68 bits per heavy atom. The summed E-state index contributed by atoms with van der Waals surface area (Å²) in [6, 6.07) is 10.6. The number of carbonyl (C=O) groups excluding carboxylic acids is 2. The summed E-state index contributed by atoms with van der Waals surface area (Å²) in [5.74, 6) is -0.821. The quantitative estimate of drug-likeness (QED) is 0.765. The van der Waals surface area contributed by atoms with Gasteiger partial charge in [-0.15, -0.1) is 0 Å². The Bertz CT molecular complexity index is 755. The third-order valence-corrected chi connectivity index (χ3v) is 3.78. The maximum absolute atomic E-state index is 13.6. The standard InChI is InChI=1S/C19H20FNO4/c1-4-21(5-2)19(23)25-17-12-15(20)10-11-16(17)13-6-8-14(9-7-13)18(22)24-3/h6-12H,4-5H2,1-3H3. The van der Waals surface area contributed by atoms with E-state index < -0.39 is 17.9 Å². The monoisotopic (exact) mass is 345 g/mol. The minimum Gasteiger partial charge on any atom is -0.465 e. The van der Waals surface area contributed by atoms with Crippen molar-refractivity contribution in [1.29, 1.82) is 0 Å². The Morgan fingerprint density at radius 1 is 1.04 bits per heavy atom. The van der Waals surface area contributed by atoms with E-state index in [2.05, 4.69) is 4.74 Å². The van der Waals surface area contributed by atoms with Crippen LogP contribution in [0.25, 0.3) is 11.1 Å². The Hall–Kier alpha value is -2.89. The van der Waals surface area contributed by atoms with Crippen LogP contribution in [0.3, 0.4) is 0 Å². The van der Waals surface area contributed by atoms with Gasteiger partial charge in [0.15, 0.2) is 0 Å². The number of methoxy groups -OCH3 is 1. The van der Waals surface area contributed by atoms with Crippen LogP contribution < -0.4 is 4.74 Å². The molecule has 132 valence electrons. The first-order valence-electron chi connectivity index (χ1n) is 7.95. The molecule has 0 heterocycles. The van der Waals surface area contributed by atoms with Crippen LogP contribution in [0.1, 0.15) is 24.2 Å². The molecule has 0 radical (unpaired) electrons. The molecule has 2 aromatic rings. The molecule has 0 aromatic heterocycles. The Morgan fingerprint density at radius 3 is 2.24 bits per heavy atom. The second-order valence-corrected chi connectivity index (χ2v) is 5.25. The fraction of sp³-hybridized carbons (Fsp3) is 0.263. The van der Waals surface area contributed by atoms with Crippen LogP contribution in [-0.2, 0) is 4.74 Å². The lowest BCUT2D eigenvalue weighted by Gasteiger charge is -2.19. The lowest BCUT2D eigenvalue weighted by atomic mass is 10.0. The number of rotatable bonds is 5. The molecule has 5 nitrogen and oxygen atoms in total.